The van der Waals surface area contributed by atoms with Gasteiger partial charge in [-0.2, -0.15) is 5.26 Å². The van der Waals surface area contributed by atoms with E-state index >= 15 is 0 Å². The molecule has 1 amide bonds. The fourth-order valence-corrected chi connectivity index (χ4v) is 2.51. The predicted molar refractivity (Wildman–Crippen MR) is 91.5 cm³/mol. The average Bonchev–Trinajstić information content (AvgIpc) is 2.93. The van der Waals surface area contributed by atoms with Crippen LogP contribution in [0.3, 0.4) is 0 Å². The molecule has 0 aliphatic carbocycles. The smallest absolute Gasteiger partial charge is 0.225 e. The van der Waals surface area contributed by atoms with Crippen LogP contribution in [0.4, 0.5) is 5.82 Å². The van der Waals surface area contributed by atoms with E-state index in [0.29, 0.717) is 17.1 Å². The van der Waals surface area contributed by atoms with Crippen molar-refractivity contribution in [3.05, 3.63) is 39.0 Å². The van der Waals surface area contributed by atoms with Gasteiger partial charge in [0.2, 0.25) is 5.91 Å². The quantitative estimate of drug-likeness (QED) is 0.765. The summed E-state index contributed by atoms with van der Waals surface area (Å²) in [6.45, 7) is 2.00. The molecule has 120 valence electrons. The lowest BCUT2D eigenvalue weighted by atomic mass is 10.2. The molecule has 0 aliphatic heterocycles. The monoisotopic (exact) mass is 370 g/mol. The van der Waals surface area contributed by atoms with E-state index in [2.05, 4.69) is 10.4 Å². The van der Waals surface area contributed by atoms with Gasteiger partial charge in [-0.1, -0.05) is 48.1 Å². The number of unbranched alkanes of at least 4 members (excludes halogenated alkanes) is 1. The van der Waals surface area contributed by atoms with Gasteiger partial charge in [0.25, 0.3) is 0 Å². The number of carbonyl (C=O) groups excluding carboxylic acids is 1. The highest BCUT2D eigenvalue weighted by Crippen LogP contribution is 2.34. The highest BCUT2D eigenvalue weighted by molar-refractivity contribution is 6.48. The molecule has 8 heteroatoms. The molecule has 0 atom stereocenters. The third kappa shape index (κ3) is 3.97. The first-order valence-electron chi connectivity index (χ1n) is 6.91. The molecule has 1 aromatic carbocycles. The minimum atomic E-state index is -0.186. The zero-order valence-corrected chi connectivity index (χ0v) is 14.5. The standard InChI is InChI=1S/C15H13Cl3N4O/c1-2-3-4-12(23)20-15-9(7-19)8-22(21-15)11-6-5-10(16)13(17)14(11)18/h5-6,8H,2-4H2,1H3,(H,20,21,23). The first-order chi connectivity index (χ1) is 11.0. The highest BCUT2D eigenvalue weighted by atomic mass is 35.5. The van der Waals surface area contributed by atoms with Crippen molar-refractivity contribution < 1.29 is 4.79 Å². The Kier molecular flexibility index (Phi) is 5.89. The van der Waals surface area contributed by atoms with E-state index in [1.165, 1.54) is 10.9 Å². The van der Waals surface area contributed by atoms with Gasteiger partial charge in [-0.3, -0.25) is 4.79 Å². The van der Waals surface area contributed by atoms with Crippen LogP contribution in [-0.2, 0) is 4.79 Å². The normalized spacial score (nSPS) is 10.4. The van der Waals surface area contributed by atoms with Gasteiger partial charge in [-0.25, -0.2) is 4.68 Å². The van der Waals surface area contributed by atoms with E-state index < -0.39 is 0 Å². The molecule has 0 bridgehead atoms. The lowest BCUT2D eigenvalue weighted by Gasteiger charge is -2.07. The maximum atomic E-state index is 11.8. The molecule has 1 aromatic heterocycles. The van der Waals surface area contributed by atoms with Crippen LogP contribution in [0.25, 0.3) is 5.69 Å². The van der Waals surface area contributed by atoms with Crippen LogP contribution < -0.4 is 5.32 Å². The van der Waals surface area contributed by atoms with E-state index in [0.717, 1.165) is 12.8 Å². The Morgan fingerprint density at radius 1 is 1.35 bits per heavy atom. The number of hydrogen-bond acceptors (Lipinski definition) is 3. The van der Waals surface area contributed by atoms with E-state index in [4.69, 9.17) is 34.8 Å². The number of nitrogens with one attached hydrogen (secondary N) is 1. The number of hydrogen-bond donors (Lipinski definition) is 1. The molecule has 0 radical (unpaired) electrons. The number of halogens is 3. The van der Waals surface area contributed by atoms with Crippen LogP contribution >= 0.6 is 34.8 Å². The van der Waals surface area contributed by atoms with Gasteiger partial charge in [0, 0.05) is 6.42 Å². The van der Waals surface area contributed by atoms with Gasteiger partial charge < -0.3 is 5.32 Å². The number of amides is 1. The molecule has 2 aromatic rings. The van der Waals surface area contributed by atoms with Crippen LogP contribution in [0.15, 0.2) is 18.3 Å². The summed E-state index contributed by atoms with van der Waals surface area (Å²) in [6.07, 6.45) is 3.53. The summed E-state index contributed by atoms with van der Waals surface area (Å²) in [6, 6.07) is 5.21. The van der Waals surface area contributed by atoms with Crippen molar-refractivity contribution in [3.8, 4) is 11.8 Å². The second kappa shape index (κ2) is 7.69. The summed E-state index contributed by atoms with van der Waals surface area (Å²) < 4.78 is 1.39. The minimum Gasteiger partial charge on any atom is -0.308 e. The van der Waals surface area contributed by atoms with Gasteiger partial charge in [0.15, 0.2) is 5.82 Å². The summed E-state index contributed by atoms with van der Waals surface area (Å²) in [5, 5.41) is 16.8. The van der Waals surface area contributed by atoms with Crippen LogP contribution in [0.2, 0.25) is 15.1 Å². The Morgan fingerprint density at radius 3 is 2.74 bits per heavy atom. The van der Waals surface area contributed by atoms with E-state index in [-0.39, 0.29) is 27.3 Å². The molecule has 5 nitrogen and oxygen atoms in total. The molecule has 0 saturated heterocycles. The van der Waals surface area contributed by atoms with Crippen molar-refractivity contribution in [2.75, 3.05) is 5.32 Å². The van der Waals surface area contributed by atoms with Gasteiger partial charge in [0.1, 0.15) is 11.6 Å². The molecule has 0 aliphatic rings. The molecule has 0 unspecified atom stereocenters. The SMILES string of the molecule is CCCCC(=O)Nc1nn(-c2ccc(Cl)c(Cl)c2Cl)cc1C#N. The highest BCUT2D eigenvalue weighted by Gasteiger charge is 2.16. The molecule has 0 fully saturated rings. The maximum absolute atomic E-state index is 11.8. The van der Waals surface area contributed by atoms with E-state index in [1.807, 2.05) is 13.0 Å². The van der Waals surface area contributed by atoms with Crippen LogP contribution in [-0.4, -0.2) is 15.7 Å². The third-order valence-corrected chi connectivity index (χ3v) is 4.40. The molecule has 23 heavy (non-hydrogen) atoms. The van der Waals surface area contributed by atoms with Crippen molar-refractivity contribution in [2.24, 2.45) is 0 Å². The summed E-state index contributed by atoms with van der Waals surface area (Å²) in [5.41, 5.74) is 0.698. The Morgan fingerprint density at radius 2 is 2.09 bits per heavy atom. The van der Waals surface area contributed by atoms with Crippen molar-refractivity contribution >= 4 is 46.5 Å². The minimum absolute atomic E-state index is 0.186. The van der Waals surface area contributed by atoms with Crippen molar-refractivity contribution in [1.29, 1.82) is 5.26 Å². The number of aromatic nitrogens is 2. The Labute approximate surface area is 148 Å². The number of anilines is 1. The zero-order valence-electron chi connectivity index (χ0n) is 12.2. The third-order valence-electron chi connectivity index (χ3n) is 3.11. The number of rotatable bonds is 5. The van der Waals surface area contributed by atoms with E-state index in [9.17, 15) is 10.1 Å². The number of nitrogens with zero attached hydrogens (tertiary/aromatic N) is 3. The summed E-state index contributed by atoms with van der Waals surface area (Å²) in [5.74, 6) is 0.00424. The number of nitriles is 1. The van der Waals surface area contributed by atoms with Crippen molar-refractivity contribution in [1.82, 2.24) is 9.78 Å². The van der Waals surface area contributed by atoms with Crippen LogP contribution in [0, 0.1) is 11.3 Å². The average molecular weight is 372 g/mol. The topological polar surface area (TPSA) is 70.7 Å². The summed E-state index contributed by atoms with van der Waals surface area (Å²) in [4.78, 5) is 11.8. The van der Waals surface area contributed by atoms with Gasteiger partial charge in [-0.15, -0.1) is 5.10 Å². The largest absolute Gasteiger partial charge is 0.308 e. The molecule has 2 rings (SSSR count). The maximum Gasteiger partial charge on any atom is 0.225 e. The number of benzene rings is 1. The van der Waals surface area contributed by atoms with E-state index in [1.54, 1.807) is 12.1 Å². The van der Waals surface area contributed by atoms with Gasteiger partial charge in [0.05, 0.1) is 27.0 Å². The molecule has 1 heterocycles. The van der Waals surface area contributed by atoms with Crippen molar-refractivity contribution in [2.45, 2.75) is 26.2 Å². The Hall–Kier alpha value is -1.74. The van der Waals surface area contributed by atoms with Crippen LogP contribution in [0.5, 0.6) is 0 Å². The molecule has 1 N–H and O–H groups in total. The second-order valence-electron chi connectivity index (χ2n) is 4.79. The van der Waals surface area contributed by atoms with Crippen molar-refractivity contribution in [3.63, 3.8) is 0 Å². The zero-order chi connectivity index (χ0) is 17.0. The number of carbonyl (C=O) groups is 1. The Bertz CT molecular complexity index is 780. The van der Waals surface area contributed by atoms with Gasteiger partial charge >= 0.3 is 0 Å². The lowest BCUT2D eigenvalue weighted by molar-refractivity contribution is -0.116. The molecule has 0 spiro atoms. The molecule has 0 saturated carbocycles. The first kappa shape index (κ1) is 17.6. The summed E-state index contributed by atoms with van der Waals surface area (Å²) in [7, 11) is 0. The van der Waals surface area contributed by atoms with Gasteiger partial charge in [-0.05, 0) is 18.6 Å². The van der Waals surface area contributed by atoms with Crippen LogP contribution in [0.1, 0.15) is 31.7 Å². The first-order valence-corrected chi connectivity index (χ1v) is 8.04. The molecular formula is C15H13Cl3N4O. The lowest BCUT2D eigenvalue weighted by Crippen LogP contribution is -2.12. The fraction of sp³-hybridized carbons (Fsp3) is 0.267. The predicted octanol–water partition coefficient (Wildman–Crippen LogP) is 4.83. The molecular weight excluding hydrogens is 359 g/mol. The fourth-order valence-electron chi connectivity index (χ4n) is 1.90. The summed E-state index contributed by atoms with van der Waals surface area (Å²) >= 11 is 18.1. The Balaban J connectivity index is 2.34. The second-order valence-corrected chi connectivity index (χ2v) is 5.96.